The second-order valence-electron chi connectivity index (χ2n) is 6.27. The molecule has 2 aliphatic rings. The zero-order valence-corrected chi connectivity index (χ0v) is 13.1. The molecular weight excluding hydrogens is 333 g/mol. The predicted molar refractivity (Wildman–Crippen MR) is 76.4 cm³/mol. The van der Waals surface area contributed by atoms with Crippen LogP contribution in [0.1, 0.15) is 55.8 Å². The molecule has 1 spiro atoms. The summed E-state index contributed by atoms with van der Waals surface area (Å²) in [5.74, 6) is -0.421. The van der Waals surface area contributed by atoms with E-state index < -0.39 is 27.5 Å². The Balaban J connectivity index is 1.97. The van der Waals surface area contributed by atoms with Gasteiger partial charge in [0.25, 0.3) is 0 Å². The van der Waals surface area contributed by atoms with Crippen molar-refractivity contribution in [2.75, 3.05) is 0 Å². The van der Waals surface area contributed by atoms with Crippen LogP contribution in [-0.2, 0) is 15.5 Å². The molecule has 128 valence electrons. The fourth-order valence-electron chi connectivity index (χ4n) is 3.80. The van der Waals surface area contributed by atoms with E-state index in [-0.39, 0.29) is 5.41 Å². The number of benzene rings is 1. The molecule has 1 aromatic rings. The van der Waals surface area contributed by atoms with Gasteiger partial charge in [-0.05, 0) is 54.4 Å². The summed E-state index contributed by atoms with van der Waals surface area (Å²) in [6.07, 6.45) is 4.66. The maximum atomic E-state index is 12.4. The van der Waals surface area contributed by atoms with Gasteiger partial charge in [0.05, 0.1) is 6.10 Å². The van der Waals surface area contributed by atoms with Crippen LogP contribution in [0.5, 0.6) is 5.75 Å². The van der Waals surface area contributed by atoms with Crippen LogP contribution in [0.25, 0.3) is 0 Å². The Hall–Kier alpha value is -1.28. The molecule has 1 fully saturated rings. The number of aliphatic hydroxyl groups excluding tert-OH is 1. The maximum Gasteiger partial charge on any atom is 0.534 e. The van der Waals surface area contributed by atoms with Crippen LogP contribution in [0.15, 0.2) is 18.2 Å². The molecule has 0 aliphatic heterocycles. The normalized spacial score (nSPS) is 23.7. The summed E-state index contributed by atoms with van der Waals surface area (Å²) in [6.45, 7) is 0. The second kappa shape index (κ2) is 5.37. The van der Waals surface area contributed by atoms with Gasteiger partial charge in [0.1, 0.15) is 5.75 Å². The number of aliphatic hydroxyl groups is 1. The lowest BCUT2D eigenvalue weighted by Gasteiger charge is -2.38. The fourth-order valence-corrected chi connectivity index (χ4v) is 4.25. The largest absolute Gasteiger partial charge is 0.534 e. The topological polar surface area (TPSA) is 63.6 Å². The standard InChI is InChI=1S/C15H17F3O4S/c16-15(17,18)23(20,21)22-10-3-4-12-11(9-10)13(19)5-8-14(12)6-1-2-7-14/h3-4,9,13,19H,1-2,5-8H2. The van der Waals surface area contributed by atoms with Gasteiger partial charge in [-0.3, -0.25) is 0 Å². The van der Waals surface area contributed by atoms with Crippen molar-refractivity contribution in [1.82, 2.24) is 0 Å². The molecule has 0 aromatic heterocycles. The van der Waals surface area contributed by atoms with Gasteiger partial charge < -0.3 is 9.29 Å². The molecule has 1 aromatic carbocycles. The van der Waals surface area contributed by atoms with Crippen molar-refractivity contribution < 1.29 is 30.9 Å². The van der Waals surface area contributed by atoms with Gasteiger partial charge in [-0.1, -0.05) is 18.9 Å². The summed E-state index contributed by atoms with van der Waals surface area (Å²) in [7, 11) is -5.70. The molecule has 1 saturated carbocycles. The minimum atomic E-state index is -5.70. The van der Waals surface area contributed by atoms with Crippen molar-refractivity contribution in [3.63, 3.8) is 0 Å². The smallest absolute Gasteiger partial charge is 0.388 e. The zero-order valence-electron chi connectivity index (χ0n) is 12.3. The predicted octanol–water partition coefficient (Wildman–Crippen LogP) is 3.55. The Bertz CT molecular complexity index is 706. The van der Waals surface area contributed by atoms with E-state index in [4.69, 9.17) is 0 Å². The van der Waals surface area contributed by atoms with Crippen molar-refractivity contribution in [2.24, 2.45) is 0 Å². The number of hydrogen-bond donors (Lipinski definition) is 1. The lowest BCUT2D eigenvalue weighted by molar-refractivity contribution is -0.0500. The van der Waals surface area contributed by atoms with Crippen LogP contribution < -0.4 is 4.18 Å². The molecule has 0 saturated heterocycles. The molecule has 1 N–H and O–H groups in total. The molecule has 3 rings (SSSR count). The van der Waals surface area contributed by atoms with E-state index in [1.54, 1.807) is 6.07 Å². The van der Waals surface area contributed by atoms with Crippen LogP contribution in [0.3, 0.4) is 0 Å². The summed E-state index contributed by atoms with van der Waals surface area (Å²) >= 11 is 0. The van der Waals surface area contributed by atoms with E-state index in [9.17, 15) is 26.7 Å². The highest BCUT2D eigenvalue weighted by Crippen LogP contribution is 2.51. The minimum Gasteiger partial charge on any atom is -0.388 e. The quantitative estimate of drug-likeness (QED) is 0.654. The van der Waals surface area contributed by atoms with E-state index in [0.29, 0.717) is 12.0 Å². The van der Waals surface area contributed by atoms with E-state index in [0.717, 1.165) is 37.7 Å². The van der Waals surface area contributed by atoms with Crippen LogP contribution in [0.4, 0.5) is 13.2 Å². The number of hydrogen-bond acceptors (Lipinski definition) is 4. The Morgan fingerprint density at radius 3 is 2.43 bits per heavy atom. The highest BCUT2D eigenvalue weighted by molar-refractivity contribution is 7.88. The third-order valence-electron chi connectivity index (χ3n) is 4.90. The molecule has 23 heavy (non-hydrogen) atoms. The highest BCUT2D eigenvalue weighted by Gasteiger charge is 2.49. The molecule has 1 atom stereocenters. The van der Waals surface area contributed by atoms with E-state index in [1.165, 1.54) is 12.1 Å². The van der Waals surface area contributed by atoms with Gasteiger partial charge in [-0.2, -0.15) is 21.6 Å². The molecule has 0 amide bonds. The lowest BCUT2D eigenvalue weighted by Crippen LogP contribution is -2.30. The first-order chi connectivity index (χ1) is 10.6. The SMILES string of the molecule is O=S(=O)(Oc1ccc2c(c1)C(O)CCC21CCCC1)C(F)(F)F. The first-order valence-electron chi connectivity index (χ1n) is 7.48. The lowest BCUT2D eigenvalue weighted by atomic mass is 9.68. The maximum absolute atomic E-state index is 12.4. The molecule has 2 aliphatic carbocycles. The third-order valence-corrected chi connectivity index (χ3v) is 5.88. The Kier molecular flexibility index (Phi) is 3.87. The summed E-state index contributed by atoms with van der Waals surface area (Å²) in [5, 5.41) is 10.2. The van der Waals surface area contributed by atoms with Crippen molar-refractivity contribution in [2.45, 2.75) is 55.6 Å². The first kappa shape index (κ1) is 16.6. The molecule has 1 unspecified atom stereocenters. The fraction of sp³-hybridized carbons (Fsp3) is 0.600. The van der Waals surface area contributed by atoms with Gasteiger partial charge in [-0.25, -0.2) is 0 Å². The number of rotatable bonds is 2. The Morgan fingerprint density at radius 1 is 1.17 bits per heavy atom. The van der Waals surface area contributed by atoms with Crippen molar-refractivity contribution >= 4 is 10.1 Å². The van der Waals surface area contributed by atoms with Gasteiger partial charge in [-0.15, -0.1) is 0 Å². The first-order valence-corrected chi connectivity index (χ1v) is 8.89. The molecule has 0 heterocycles. The molecule has 0 bridgehead atoms. The number of alkyl halides is 3. The minimum absolute atomic E-state index is 0.0456. The summed E-state index contributed by atoms with van der Waals surface area (Å²) < 4.78 is 63.6. The van der Waals surface area contributed by atoms with Crippen molar-refractivity contribution in [1.29, 1.82) is 0 Å². The van der Waals surface area contributed by atoms with Crippen LogP contribution >= 0.6 is 0 Å². The molecule has 0 radical (unpaired) electrons. The average Bonchev–Trinajstić information content (AvgIpc) is 2.91. The van der Waals surface area contributed by atoms with Gasteiger partial charge in [0.15, 0.2) is 0 Å². The van der Waals surface area contributed by atoms with Crippen molar-refractivity contribution in [3.05, 3.63) is 29.3 Å². The second-order valence-corrected chi connectivity index (χ2v) is 7.81. The molecule has 4 nitrogen and oxygen atoms in total. The Labute approximate surface area is 132 Å². The van der Waals surface area contributed by atoms with Crippen molar-refractivity contribution in [3.8, 4) is 5.75 Å². The van der Waals surface area contributed by atoms with E-state index in [1.807, 2.05) is 0 Å². The zero-order chi connectivity index (χ0) is 16.9. The number of fused-ring (bicyclic) bond motifs is 2. The third kappa shape index (κ3) is 2.82. The van der Waals surface area contributed by atoms with Crippen LogP contribution in [0, 0.1) is 0 Å². The molecule has 8 heteroatoms. The van der Waals surface area contributed by atoms with Gasteiger partial charge in [0.2, 0.25) is 0 Å². The highest BCUT2D eigenvalue weighted by atomic mass is 32.2. The summed E-state index contributed by atoms with van der Waals surface area (Å²) in [5.41, 5.74) is -4.14. The average molecular weight is 350 g/mol. The van der Waals surface area contributed by atoms with Gasteiger partial charge >= 0.3 is 15.6 Å². The molecular formula is C15H17F3O4S. The van der Waals surface area contributed by atoms with Crippen LogP contribution in [0.2, 0.25) is 0 Å². The van der Waals surface area contributed by atoms with E-state index in [2.05, 4.69) is 4.18 Å². The number of halogens is 3. The monoisotopic (exact) mass is 350 g/mol. The van der Waals surface area contributed by atoms with Crippen LogP contribution in [-0.4, -0.2) is 19.0 Å². The summed E-state index contributed by atoms with van der Waals surface area (Å²) in [6, 6.07) is 4.06. The summed E-state index contributed by atoms with van der Waals surface area (Å²) in [4.78, 5) is 0. The van der Waals surface area contributed by atoms with Gasteiger partial charge in [0, 0.05) is 0 Å². The van der Waals surface area contributed by atoms with E-state index >= 15 is 0 Å². The Morgan fingerprint density at radius 2 is 1.83 bits per heavy atom.